The van der Waals surface area contributed by atoms with Crippen LogP contribution in [0, 0.1) is 0 Å². The molecule has 1 aliphatic heterocycles. The van der Waals surface area contributed by atoms with Crippen LogP contribution < -0.4 is 0 Å². The Morgan fingerprint density at radius 3 is 2.33 bits per heavy atom. The fourth-order valence-electron chi connectivity index (χ4n) is 2.91. The Morgan fingerprint density at radius 2 is 1.67 bits per heavy atom. The molecule has 0 spiro atoms. The quantitative estimate of drug-likeness (QED) is 0.353. The van der Waals surface area contributed by atoms with E-state index in [0.29, 0.717) is 6.61 Å². The summed E-state index contributed by atoms with van der Waals surface area (Å²) in [5.74, 6) is 0. The lowest BCUT2D eigenvalue weighted by Crippen LogP contribution is -2.55. The van der Waals surface area contributed by atoms with Gasteiger partial charge in [0.05, 0.1) is 13.2 Å². The molecule has 0 amide bonds. The molecule has 5 nitrogen and oxygen atoms in total. The van der Waals surface area contributed by atoms with E-state index in [4.69, 9.17) is 14.6 Å². The smallest absolute Gasteiger partial charge is 0.114 e. The molecule has 1 fully saturated rings. The second-order valence-electron chi connectivity index (χ2n) is 6.62. The lowest BCUT2D eigenvalue weighted by Gasteiger charge is -2.37. The van der Waals surface area contributed by atoms with Gasteiger partial charge < -0.3 is 24.8 Å². The van der Waals surface area contributed by atoms with Crippen LogP contribution in [0.25, 0.3) is 0 Å². The van der Waals surface area contributed by atoms with Crippen molar-refractivity contribution in [1.29, 1.82) is 0 Å². The van der Waals surface area contributed by atoms with Crippen LogP contribution >= 0.6 is 0 Å². The standard InChI is InChI=1S/C19H36O5/c1-2-3-4-5-6-7-8-9-10-11-12-13-23-19-16(21)15-24-17(14-20)18(19)22/h6-7,16-22H,2-5,8-15H2,1H3/b7-6+/t16-,17+,18+,19+/m0/s1. The number of ether oxygens (including phenoxy) is 2. The highest BCUT2D eigenvalue weighted by Gasteiger charge is 2.38. The molecular formula is C19H36O5. The molecule has 142 valence electrons. The Balaban J connectivity index is 1.99. The average Bonchev–Trinajstić information content (AvgIpc) is 2.58. The van der Waals surface area contributed by atoms with Gasteiger partial charge in [-0.1, -0.05) is 44.8 Å². The Kier molecular flexibility index (Phi) is 12.4. The third-order valence-electron chi connectivity index (χ3n) is 4.47. The summed E-state index contributed by atoms with van der Waals surface area (Å²) in [7, 11) is 0. The highest BCUT2D eigenvalue weighted by atomic mass is 16.6. The van der Waals surface area contributed by atoms with E-state index < -0.39 is 24.4 Å². The fourth-order valence-corrected chi connectivity index (χ4v) is 2.91. The zero-order valence-corrected chi connectivity index (χ0v) is 15.1. The molecule has 3 N–H and O–H groups in total. The van der Waals surface area contributed by atoms with Gasteiger partial charge in [-0.25, -0.2) is 0 Å². The highest BCUT2D eigenvalue weighted by molar-refractivity contribution is 4.87. The van der Waals surface area contributed by atoms with Crippen LogP contribution in [0.2, 0.25) is 0 Å². The minimum atomic E-state index is -0.975. The third-order valence-corrected chi connectivity index (χ3v) is 4.47. The first-order valence-corrected chi connectivity index (χ1v) is 9.55. The second-order valence-corrected chi connectivity index (χ2v) is 6.62. The van der Waals surface area contributed by atoms with Crippen LogP contribution in [-0.4, -0.2) is 59.6 Å². The maximum absolute atomic E-state index is 10.00. The summed E-state index contributed by atoms with van der Waals surface area (Å²) in [6.45, 7) is 2.57. The van der Waals surface area contributed by atoms with E-state index in [9.17, 15) is 10.2 Å². The van der Waals surface area contributed by atoms with Crippen LogP contribution in [0.1, 0.15) is 64.7 Å². The van der Waals surface area contributed by atoms with Gasteiger partial charge in [0.1, 0.15) is 24.4 Å². The molecule has 0 aromatic heterocycles. The van der Waals surface area contributed by atoms with Gasteiger partial charge >= 0.3 is 0 Å². The minimum absolute atomic E-state index is 0.0948. The van der Waals surface area contributed by atoms with Gasteiger partial charge in [-0.3, -0.25) is 0 Å². The Labute approximate surface area is 146 Å². The van der Waals surface area contributed by atoms with Gasteiger partial charge in [0.25, 0.3) is 0 Å². The molecule has 0 bridgehead atoms. The molecule has 0 radical (unpaired) electrons. The number of allylic oxidation sites excluding steroid dienone is 2. The van der Waals surface area contributed by atoms with Crippen molar-refractivity contribution in [3.63, 3.8) is 0 Å². The zero-order valence-electron chi connectivity index (χ0n) is 15.1. The molecule has 5 heteroatoms. The molecule has 0 aliphatic carbocycles. The monoisotopic (exact) mass is 344 g/mol. The summed E-state index contributed by atoms with van der Waals surface area (Å²) in [6.07, 6.45) is 12.0. The number of hydrogen-bond acceptors (Lipinski definition) is 5. The van der Waals surface area contributed by atoms with Crippen molar-refractivity contribution in [2.45, 2.75) is 89.1 Å². The van der Waals surface area contributed by atoms with E-state index >= 15 is 0 Å². The lowest BCUT2D eigenvalue weighted by molar-refractivity contribution is -0.210. The first-order valence-electron chi connectivity index (χ1n) is 9.55. The molecular weight excluding hydrogens is 308 g/mol. The molecule has 24 heavy (non-hydrogen) atoms. The molecule has 0 unspecified atom stereocenters. The number of aliphatic hydroxyl groups is 3. The van der Waals surface area contributed by atoms with Gasteiger partial charge in [0.15, 0.2) is 0 Å². The summed E-state index contributed by atoms with van der Waals surface area (Å²) in [5.41, 5.74) is 0. The van der Waals surface area contributed by atoms with E-state index in [1.165, 1.54) is 38.5 Å². The SMILES string of the molecule is CCCCC/C=C/CCCCCCO[C@H]1[C@H](O)[C@@H](CO)OC[C@@H]1O. The second kappa shape index (κ2) is 13.8. The van der Waals surface area contributed by atoms with E-state index in [0.717, 1.165) is 19.3 Å². The molecule has 0 aromatic rings. The summed E-state index contributed by atoms with van der Waals surface area (Å²) in [5, 5.41) is 28.9. The van der Waals surface area contributed by atoms with Crippen molar-refractivity contribution in [3.8, 4) is 0 Å². The molecule has 4 atom stereocenters. The fraction of sp³-hybridized carbons (Fsp3) is 0.895. The zero-order chi connectivity index (χ0) is 17.6. The van der Waals surface area contributed by atoms with Crippen molar-refractivity contribution < 1.29 is 24.8 Å². The molecule has 1 rings (SSSR count). The summed E-state index contributed by atoms with van der Waals surface area (Å²) >= 11 is 0. The van der Waals surface area contributed by atoms with Gasteiger partial charge in [-0.05, 0) is 32.1 Å². The first-order chi connectivity index (χ1) is 11.7. The number of aliphatic hydroxyl groups excluding tert-OH is 3. The van der Waals surface area contributed by atoms with Crippen molar-refractivity contribution in [2.24, 2.45) is 0 Å². The van der Waals surface area contributed by atoms with E-state index in [1.54, 1.807) is 0 Å². The van der Waals surface area contributed by atoms with Crippen LogP contribution in [-0.2, 0) is 9.47 Å². The molecule has 1 heterocycles. The third kappa shape index (κ3) is 8.58. The maximum atomic E-state index is 10.00. The minimum Gasteiger partial charge on any atom is -0.394 e. The predicted molar refractivity (Wildman–Crippen MR) is 94.9 cm³/mol. The lowest BCUT2D eigenvalue weighted by atomic mass is 10.0. The Bertz CT molecular complexity index is 321. The van der Waals surface area contributed by atoms with Crippen LogP contribution in [0.5, 0.6) is 0 Å². The van der Waals surface area contributed by atoms with Gasteiger partial charge in [0, 0.05) is 6.61 Å². The number of hydrogen-bond donors (Lipinski definition) is 3. The summed E-state index contributed by atoms with van der Waals surface area (Å²) in [4.78, 5) is 0. The van der Waals surface area contributed by atoms with Crippen LogP contribution in [0.3, 0.4) is 0 Å². The maximum Gasteiger partial charge on any atom is 0.114 e. The Hall–Kier alpha value is -0.460. The van der Waals surface area contributed by atoms with Crippen molar-refractivity contribution >= 4 is 0 Å². The van der Waals surface area contributed by atoms with Crippen molar-refractivity contribution in [2.75, 3.05) is 19.8 Å². The number of unbranched alkanes of at least 4 members (excludes halogenated alkanes) is 7. The summed E-state index contributed by atoms with van der Waals surface area (Å²) in [6, 6.07) is 0. The molecule has 0 saturated carbocycles. The van der Waals surface area contributed by atoms with E-state index in [1.807, 2.05) is 0 Å². The molecule has 1 saturated heterocycles. The normalized spacial score (nSPS) is 27.8. The summed E-state index contributed by atoms with van der Waals surface area (Å²) < 4.78 is 10.8. The highest BCUT2D eigenvalue weighted by Crippen LogP contribution is 2.19. The Morgan fingerprint density at radius 1 is 1.00 bits per heavy atom. The van der Waals surface area contributed by atoms with Gasteiger partial charge in [0.2, 0.25) is 0 Å². The van der Waals surface area contributed by atoms with Gasteiger partial charge in [-0.2, -0.15) is 0 Å². The largest absolute Gasteiger partial charge is 0.394 e. The van der Waals surface area contributed by atoms with Gasteiger partial charge in [-0.15, -0.1) is 0 Å². The van der Waals surface area contributed by atoms with E-state index in [2.05, 4.69) is 19.1 Å². The average molecular weight is 344 g/mol. The predicted octanol–water partition coefficient (Wildman–Crippen LogP) is 2.57. The van der Waals surface area contributed by atoms with Crippen LogP contribution in [0.15, 0.2) is 12.2 Å². The van der Waals surface area contributed by atoms with Crippen molar-refractivity contribution in [1.82, 2.24) is 0 Å². The molecule has 1 aliphatic rings. The number of rotatable bonds is 13. The molecule has 0 aromatic carbocycles. The first kappa shape index (κ1) is 21.6. The van der Waals surface area contributed by atoms with Crippen molar-refractivity contribution in [3.05, 3.63) is 12.2 Å². The topological polar surface area (TPSA) is 79.2 Å². The van der Waals surface area contributed by atoms with E-state index in [-0.39, 0.29) is 13.2 Å². The van der Waals surface area contributed by atoms with Crippen LogP contribution in [0.4, 0.5) is 0 Å².